The Bertz CT molecular complexity index is 604. The maximum Gasteiger partial charge on any atom is 0.267 e. The Morgan fingerprint density at radius 2 is 2.06 bits per heavy atom. The second kappa shape index (κ2) is 4.78. The van der Waals surface area contributed by atoms with Crippen molar-refractivity contribution in [3.05, 3.63) is 39.9 Å². The summed E-state index contributed by atoms with van der Waals surface area (Å²) in [6.07, 6.45) is 0. The van der Waals surface area contributed by atoms with Crippen LogP contribution < -0.4 is 11.1 Å². The zero-order valence-corrected chi connectivity index (χ0v) is 11.4. The molecule has 0 spiro atoms. The molecule has 0 atom stereocenters. The lowest BCUT2D eigenvalue weighted by atomic mass is 10.1. The molecule has 2 rings (SSSR count). The normalized spacial score (nSPS) is 10.4. The van der Waals surface area contributed by atoms with Gasteiger partial charge in [-0.05, 0) is 38.0 Å². The van der Waals surface area contributed by atoms with Crippen molar-refractivity contribution in [1.29, 1.82) is 0 Å². The van der Waals surface area contributed by atoms with E-state index in [1.54, 1.807) is 6.92 Å². The lowest BCUT2D eigenvalue weighted by molar-refractivity contribution is 0.102. The topological polar surface area (TPSA) is 68.0 Å². The van der Waals surface area contributed by atoms with E-state index in [1.807, 2.05) is 32.0 Å². The van der Waals surface area contributed by atoms with Gasteiger partial charge in [-0.1, -0.05) is 23.5 Å². The minimum absolute atomic E-state index is 0.157. The Labute approximate surface area is 110 Å². The Balaban J connectivity index is 2.26. The molecule has 0 aliphatic carbocycles. The number of carbonyl (C=O) groups excluding carboxylic acids is 1. The van der Waals surface area contributed by atoms with Gasteiger partial charge in [-0.3, -0.25) is 4.79 Å². The first kappa shape index (κ1) is 12.6. The second-order valence-corrected chi connectivity index (χ2v) is 5.27. The number of rotatable bonds is 2. The molecule has 0 unspecified atom stereocenters. The molecular weight excluding hydrogens is 246 g/mol. The largest absolute Gasteiger partial charge is 0.375 e. The Hall–Kier alpha value is -1.88. The Morgan fingerprint density at radius 1 is 1.33 bits per heavy atom. The van der Waals surface area contributed by atoms with E-state index in [-0.39, 0.29) is 5.91 Å². The molecule has 1 aromatic heterocycles. The van der Waals surface area contributed by atoms with Gasteiger partial charge in [-0.25, -0.2) is 4.98 Å². The van der Waals surface area contributed by atoms with Crippen molar-refractivity contribution < 1.29 is 4.79 Å². The number of anilines is 2. The van der Waals surface area contributed by atoms with Crippen LogP contribution in [0, 0.1) is 20.8 Å². The molecule has 0 bridgehead atoms. The number of thiazole rings is 1. The smallest absolute Gasteiger partial charge is 0.267 e. The minimum Gasteiger partial charge on any atom is -0.375 e. The van der Waals surface area contributed by atoms with Gasteiger partial charge >= 0.3 is 0 Å². The van der Waals surface area contributed by atoms with Crippen LogP contribution in [0.4, 0.5) is 10.8 Å². The number of hydrogen-bond donors (Lipinski definition) is 2. The zero-order valence-electron chi connectivity index (χ0n) is 10.6. The lowest BCUT2D eigenvalue weighted by Crippen LogP contribution is -2.12. The highest BCUT2D eigenvalue weighted by Crippen LogP contribution is 2.22. The molecule has 18 heavy (non-hydrogen) atoms. The summed E-state index contributed by atoms with van der Waals surface area (Å²) in [7, 11) is 0. The van der Waals surface area contributed by atoms with Gasteiger partial charge in [-0.2, -0.15) is 0 Å². The molecule has 5 heteroatoms. The standard InChI is InChI=1S/C13H15N3OS/c1-7-4-5-8(2)10(6-7)16-12(17)11-9(3)15-13(14)18-11/h4-6H,1-3H3,(H2,14,15)(H,16,17). The third-order valence-electron chi connectivity index (χ3n) is 2.66. The molecule has 1 heterocycles. The predicted molar refractivity (Wildman–Crippen MR) is 75.1 cm³/mol. The van der Waals surface area contributed by atoms with Crippen molar-refractivity contribution >= 4 is 28.1 Å². The van der Waals surface area contributed by atoms with E-state index in [0.717, 1.165) is 16.8 Å². The van der Waals surface area contributed by atoms with Crippen LogP contribution in [0.3, 0.4) is 0 Å². The van der Waals surface area contributed by atoms with Crippen LogP contribution in [0.15, 0.2) is 18.2 Å². The number of nitrogens with one attached hydrogen (secondary N) is 1. The van der Waals surface area contributed by atoms with Gasteiger partial charge in [0.2, 0.25) is 0 Å². The van der Waals surface area contributed by atoms with E-state index < -0.39 is 0 Å². The van der Waals surface area contributed by atoms with Crippen molar-refractivity contribution in [3.63, 3.8) is 0 Å². The van der Waals surface area contributed by atoms with Crippen molar-refractivity contribution in [2.24, 2.45) is 0 Å². The maximum atomic E-state index is 12.1. The Morgan fingerprint density at radius 3 is 2.67 bits per heavy atom. The summed E-state index contributed by atoms with van der Waals surface area (Å²) < 4.78 is 0. The number of amides is 1. The van der Waals surface area contributed by atoms with Gasteiger partial charge in [0.05, 0.1) is 5.69 Å². The summed E-state index contributed by atoms with van der Waals surface area (Å²) in [5.41, 5.74) is 9.22. The van der Waals surface area contributed by atoms with Crippen LogP contribution in [0.5, 0.6) is 0 Å². The minimum atomic E-state index is -0.157. The van der Waals surface area contributed by atoms with Gasteiger partial charge in [0.25, 0.3) is 5.91 Å². The quantitative estimate of drug-likeness (QED) is 0.873. The molecule has 4 nitrogen and oxygen atoms in total. The summed E-state index contributed by atoms with van der Waals surface area (Å²) in [6, 6.07) is 5.95. The molecule has 0 saturated heterocycles. The number of nitrogen functional groups attached to an aromatic ring is 1. The summed E-state index contributed by atoms with van der Waals surface area (Å²) in [6.45, 7) is 5.73. The zero-order chi connectivity index (χ0) is 13.3. The Kier molecular flexibility index (Phi) is 3.34. The summed E-state index contributed by atoms with van der Waals surface area (Å²) in [5, 5.41) is 3.31. The second-order valence-electron chi connectivity index (χ2n) is 4.24. The molecule has 94 valence electrons. The fourth-order valence-corrected chi connectivity index (χ4v) is 2.41. The fraction of sp³-hybridized carbons (Fsp3) is 0.231. The number of carbonyl (C=O) groups is 1. The van der Waals surface area contributed by atoms with E-state index in [0.29, 0.717) is 15.7 Å². The number of benzene rings is 1. The summed E-state index contributed by atoms with van der Waals surface area (Å²) in [5.74, 6) is -0.157. The average Bonchev–Trinajstić information content (AvgIpc) is 2.63. The van der Waals surface area contributed by atoms with E-state index in [4.69, 9.17) is 5.73 Å². The molecular formula is C13H15N3OS. The molecule has 2 aromatic rings. The monoisotopic (exact) mass is 261 g/mol. The van der Waals surface area contributed by atoms with Crippen LogP contribution in [0.2, 0.25) is 0 Å². The number of nitrogens with two attached hydrogens (primary N) is 1. The molecule has 1 amide bonds. The van der Waals surface area contributed by atoms with Crippen molar-refractivity contribution in [2.45, 2.75) is 20.8 Å². The van der Waals surface area contributed by atoms with E-state index in [9.17, 15) is 4.79 Å². The van der Waals surface area contributed by atoms with Crippen LogP contribution in [-0.4, -0.2) is 10.9 Å². The van der Waals surface area contributed by atoms with E-state index in [1.165, 1.54) is 11.3 Å². The first-order valence-electron chi connectivity index (χ1n) is 5.59. The predicted octanol–water partition coefficient (Wildman–Crippen LogP) is 2.90. The van der Waals surface area contributed by atoms with E-state index in [2.05, 4.69) is 10.3 Å². The molecule has 0 aliphatic rings. The first-order chi connectivity index (χ1) is 8.47. The third kappa shape index (κ3) is 2.51. The molecule has 0 fully saturated rings. The van der Waals surface area contributed by atoms with Gasteiger partial charge in [-0.15, -0.1) is 0 Å². The molecule has 0 aliphatic heterocycles. The van der Waals surface area contributed by atoms with Crippen LogP contribution in [0.1, 0.15) is 26.5 Å². The highest BCUT2D eigenvalue weighted by atomic mass is 32.1. The fourth-order valence-electron chi connectivity index (χ4n) is 1.68. The number of hydrogen-bond acceptors (Lipinski definition) is 4. The van der Waals surface area contributed by atoms with Gasteiger partial charge < -0.3 is 11.1 Å². The van der Waals surface area contributed by atoms with Crippen molar-refractivity contribution in [3.8, 4) is 0 Å². The first-order valence-corrected chi connectivity index (χ1v) is 6.40. The number of nitrogens with zero attached hydrogens (tertiary/aromatic N) is 1. The number of aryl methyl sites for hydroxylation is 3. The number of aromatic nitrogens is 1. The molecule has 1 aromatic carbocycles. The van der Waals surface area contributed by atoms with Gasteiger partial charge in [0.1, 0.15) is 4.88 Å². The van der Waals surface area contributed by atoms with Crippen LogP contribution >= 0.6 is 11.3 Å². The summed E-state index contributed by atoms with van der Waals surface area (Å²) in [4.78, 5) is 16.7. The van der Waals surface area contributed by atoms with Crippen LogP contribution in [0.25, 0.3) is 0 Å². The lowest BCUT2D eigenvalue weighted by Gasteiger charge is -2.08. The van der Waals surface area contributed by atoms with Crippen molar-refractivity contribution in [1.82, 2.24) is 4.98 Å². The summed E-state index contributed by atoms with van der Waals surface area (Å²) >= 11 is 1.21. The highest BCUT2D eigenvalue weighted by molar-refractivity contribution is 7.17. The van der Waals surface area contributed by atoms with Crippen molar-refractivity contribution in [2.75, 3.05) is 11.1 Å². The van der Waals surface area contributed by atoms with Crippen LogP contribution in [-0.2, 0) is 0 Å². The third-order valence-corrected chi connectivity index (χ3v) is 3.65. The van der Waals surface area contributed by atoms with E-state index >= 15 is 0 Å². The SMILES string of the molecule is Cc1ccc(C)c(NC(=O)c2sc(N)nc2C)c1. The molecule has 3 N–H and O–H groups in total. The maximum absolute atomic E-state index is 12.1. The molecule has 0 radical (unpaired) electrons. The highest BCUT2D eigenvalue weighted by Gasteiger charge is 2.15. The molecule has 0 saturated carbocycles. The van der Waals surface area contributed by atoms with Gasteiger partial charge in [0, 0.05) is 5.69 Å². The average molecular weight is 261 g/mol. The van der Waals surface area contributed by atoms with Gasteiger partial charge in [0.15, 0.2) is 5.13 Å².